The van der Waals surface area contributed by atoms with E-state index in [-0.39, 0.29) is 23.6 Å². The first-order valence-corrected chi connectivity index (χ1v) is 11.4. The van der Waals surface area contributed by atoms with Gasteiger partial charge in [0.1, 0.15) is 0 Å². The molecule has 2 aromatic rings. The molecule has 7 heteroatoms. The third-order valence-electron chi connectivity index (χ3n) is 6.04. The summed E-state index contributed by atoms with van der Waals surface area (Å²) in [6.07, 6.45) is 1.41. The highest BCUT2D eigenvalue weighted by Crippen LogP contribution is 2.23. The van der Waals surface area contributed by atoms with Crippen LogP contribution in [-0.2, 0) is 4.79 Å². The Morgan fingerprint density at radius 1 is 0.800 bits per heavy atom. The molecule has 30 heavy (non-hydrogen) atoms. The number of carbonyl (C=O) groups is 3. The minimum atomic E-state index is -0.0308. The summed E-state index contributed by atoms with van der Waals surface area (Å²) < 4.78 is 0. The molecule has 158 valence electrons. The molecule has 4 rings (SSSR count). The van der Waals surface area contributed by atoms with E-state index >= 15 is 0 Å². The first-order valence-electron chi connectivity index (χ1n) is 10.5. The van der Waals surface area contributed by atoms with Crippen LogP contribution >= 0.6 is 11.3 Å². The smallest absolute Gasteiger partial charge is 0.263 e. The average Bonchev–Trinajstić information content (AvgIpc) is 3.33. The standard InChI is InChI=1S/C23H27N3O3S/c1-17-4-6-18(7-5-17)21(27)25-12-14-26(15-13-25)22(28)19-8-10-24(11-9-19)23(29)20-3-2-16-30-20/h2-7,16,19H,8-15H2,1H3. The number of piperazine rings is 1. The predicted octanol–water partition coefficient (Wildman–Crippen LogP) is 2.89. The molecule has 0 bridgehead atoms. The Labute approximate surface area is 181 Å². The summed E-state index contributed by atoms with van der Waals surface area (Å²) in [4.78, 5) is 44.4. The van der Waals surface area contributed by atoms with Crippen molar-refractivity contribution >= 4 is 29.1 Å². The Bertz CT molecular complexity index is 894. The molecular weight excluding hydrogens is 398 g/mol. The lowest BCUT2D eigenvalue weighted by atomic mass is 9.94. The van der Waals surface area contributed by atoms with Gasteiger partial charge in [0.25, 0.3) is 11.8 Å². The van der Waals surface area contributed by atoms with Gasteiger partial charge in [0, 0.05) is 50.7 Å². The minimum Gasteiger partial charge on any atom is -0.339 e. The number of piperidine rings is 1. The molecule has 0 atom stereocenters. The molecule has 3 amide bonds. The summed E-state index contributed by atoms with van der Waals surface area (Å²) >= 11 is 1.46. The maximum atomic E-state index is 13.0. The SMILES string of the molecule is Cc1ccc(C(=O)N2CCN(C(=O)C3CCN(C(=O)c4cccs4)CC3)CC2)cc1. The van der Waals surface area contributed by atoms with E-state index in [0.29, 0.717) is 57.7 Å². The van der Waals surface area contributed by atoms with Crippen LogP contribution in [0, 0.1) is 12.8 Å². The first kappa shape index (κ1) is 20.6. The third kappa shape index (κ3) is 4.41. The van der Waals surface area contributed by atoms with E-state index in [4.69, 9.17) is 0 Å². The zero-order chi connectivity index (χ0) is 21.1. The number of aryl methyl sites for hydroxylation is 1. The lowest BCUT2D eigenvalue weighted by Gasteiger charge is -2.38. The minimum absolute atomic E-state index is 0.0301. The van der Waals surface area contributed by atoms with E-state index in [1.54, 1.807) is 0 Å². The van der Waals surface area contributed by atoms with Crippen LogP contribution in [0.15, 0.2) is 41.8 Å². The second kappa shape index (κ2) is 9.00. The molecule has 2 aliphatic heterocycles. The van der Waals surface area contributed by atoms with Crippen molar-refractivity contribution in [3.8, 4) is 0 Å². The van der Waals surface area contributed by atoms with Crippen LogP contribution in [0.3, 0.4) is 0 Å². The third-order valence-corrected chi connectivity index (χ3v) is 6.90. The Morgan fingerprint density at radius 2 is 1.40 bits per heavy atom. The number of carbonyl (C=O) groups excluding carboxylic acids is 3. The second-order valence-electron chi connectivity index (χ2n) is 8.03. The molecule has 2 fully saturated rings. The zero-order valence-corrected chi connectivity index (χ0v) is 18.1. The van der Waals surface area contributed by atoms with Gasteiger partial charge in [0.2, 0.25) is 5.91 Å². The van der Waals surface area contributed by atoms with Gasteiger partial charge in [-0.3, -0.25) is 14.4 Å². The van der Waals surface area contributed by atoms with Crippen LogP contribution in [0.25, 0.3) is 0 Å². The van der Waals surface area contributed by atoms with Gasteiger partial charge in [-0.05, 0) is 43.3 Å². The van der Waals surface area contributed by atoms with Crippen molar-refractivity contribution in [1.29, 1.82) is 0 Å². The van der Waals surface area contributed by atoms with E-state index in [0.717, 1.165) is 10.4 Å². The summed E-state index contributed by atoms with van der Waals surface area (Å²) in [7, 11) is 0. The van der Waals surface area contributed by atoms with E-state index in [9.17, 15) is 14.4 Å². The van der Waals surface area contributed by atoms with Crippen LogP contribution in [0.5, 0.6) is 0 Å². The van der Waals surface area contributed by atoms with Crippen molar-refractivity contribution in [2.75, 3.05) is 39.3 Å². The number of amides is 3. The largest absolute Gasteiger partial charge is 0.339 e. The average molecular weight is 426 g/mol. The fraction of sp³-hybridized carbons (Fsp3) is 0.435. The molecule has 0 N–H and O–H groups in total. The molecular formula is C23H27N3O3S. The van der Waals surface area contributed by atoms with Gasteiger partial charge in [-0.25, -0.2) is 0 Å². The number of rotatable bonds is 3. The molecule has 0 aliphatic carbocycles. The van der Waals surface area contributed by atoms with Crippen molar-refractivity contribution < 1.29 is 14.4 Å². The predicted molar refractivity (Wildman–Crippen MR) is 117 cm³/mol. The number of nitrogens with zero attached hydrogens (tertiary/aromatic N) is 3. The van der Waals surface area contributed by atoms with Gasteiger partial charge < -0.3 is 14.7 Å². The van der Waals surface area contributed by atoms with Gasteiger partial charge in [-0.1, -0.05) is 23.8 Å². The van der Waals surface area contributed by atoms with Gasteiger partial charge in [0.05, 0.1) is 4.88 Å². The molecule has 0 saturated carbocycles. The fourth-order valence-corrected chi connectivity index (χ4v) is 4.84. The number of hydrogen-bond acceptors (Lipinski definition) is 4. The van der Waals surface area contributed by atoms with E-state index in [1.165, 1.54) is 11.3 Å². The molecule has 2 saturated heterocycles. The number of thiophene rings is 1. The summed E-state index contributed by atoms with van der Waals surface area (Å²) in [5.74, 6) is 0.235. The Kier molecular flexibility index (Phi) is 6.18. The van der Waals surface area contributed by atoms with E-state index in [2.05, 4.69) is 0 Å². The van der Waals surface area contributed by atoms with Gasteiger partial charge in [-0.15, -0.1) is 11.3 Å². The van der Waals surface area contributed by atoms with E-state index in [1.807, 2.05) is 63.4 Å². The number of benzene rings is 1. The Morgan fingerprint density at radius 3 is 2.00 bits per heavy atom. The lowest BCUT2D eigenvalue weighted by Crippen LogP contribution is -2.53. The lowest BCUT2D eigenvalue weighted by molar-refractivity contribution is -0.138. The Hall–Kier alpha value is -2.67. The number of likely N-dealkylation sites (tertiary alicyclic amines) is 1. The van der Waals surface area contributed by atoms with Gasteiger partial charge >= 0.3 is 0 Å². The van der Waals surface area contributed by atoms with E-state index < -0.39 is 0 Å². The quantitative estimate of drug-likeness (QED) is 0.760. The topological polar surface area (TPSA) is 60.9 Å². The molecule has 0 radical (unpaired) electrons. The van der Waals surface area contributed by atoms with Crippen LogP contribution in [0.4, 0.5) is 0 Å². The number of hydrogen-bond donors (Lipinski definition) is 0. The summed E-state index contributed by atoms with van der Waals surface area (Å²) in [5, 5.41) is 1.91. The molecule has 3 heterocycles. The van der Waals surface area contributed by atoms with Crippen LogP contribution < -0.4 is 0 Å². The van der Waals surface area contributed by atoms with Gasteiger partial charge in [0.15, 0.2) is 0 Å². The normalized spacial score (nSPS) is 17.8. The van der Waals surface area contributed by atoms with Crippen LogP contribution in [0.2, 0.25) is 0 Å². The van der Waals surface area contributed by atoms with Crippen molar-refractivity contribution in [3.63, 3.8) is 0 Å². The highest BCUT2D eigenvalue weighted by atomic mass is 32.1. The molecule has 1 aromatic carbocycles. The molecule has 2 aliphatic rings. The van der Waals surface area contributed by atoms with Crippen molar-refractivity contribution in [3.05, 3.63) is 57.8 Å². The molecule has 0 spiro atoms. The van der Waals surface area contributed by atoms with Gasteiger partial charge in [-0.2, -0.15) is 0 Å². The van der Waals surface area contributed by atoms with Crippen LogP contribution in [0.1, 0.15) is 38.4 Å². The monoisotopic (exact) mass is 425 g/mol. The highest BCUT2D eigenvalue weighted by molar-refractivity contribution is 7.12. The van der Waals surface area contributed by atoms with Crippen LogP contribution in [-0.4, -0.2) is 71.7 Å². The zero-order valence-electron chi connectivity index (χ0n) is 17.3. The van der Waals surface area contributed by atoms with Crippen molar-refractivity contribution in [2.45, 2.75) is 19.8 Å². The highest BCUT2D eigenvalue weighted by Gasteiger charge is 2.32. The van der Waals surface area contributed by atoms with Crippen molar-refractivity contribution in [1.82, 2.24) is 14.7 Å². The maximum Gasteiger partial charge on any atom is 0.263 e. The summed E-state index contributed by atoms with van der Waals surface area (Å²) in [6.45, 7) is 5.52. The maximum absolute atomic E-state index is 13.0. The fourth-order valence-electron chi connectivity index (χ4n) is 4.15. The van der Waals surface area contributed by atoms with Crippen molar-refractivity contribution in [2.24, 2.45) is 5.92 Å². The molecule has 0 unspecified atom stereocenters. The Balaban J connectivity index is 1.26. The summed E-state index contributed by atoms with van der Waals surface area (Å²) in [5.41, 5.74) is 1.83. The molecule has 6 nitrogen and oxygen atoms in total. The molecule has 1 aromatic heterocycles. The second-order valence-corrected chi connectivity index (χ2v) is 8.97. The first-order chi connectivity index (χ1) is 14.5. The summed E-state index contributed by atoms with van der Waals surface area (Å²) in [6, 6.07) is 11.4.